The molecule has 0 heterocycles. The standard InChI is InChI=1S/C17H36N2O3/c1-7-14(8-9-20)11-18-12-15(10-13(2)3)19-16(21)22-17(4,5)6/h13-15,18,20H,7-12H2,1-6H3,(H,19,21)/t14-,15-/m1/s1. The van der Waals surface area contributed by atoms with Crippen molar-refractivity contribution >= 4 is 6.09 Å². The van der Waals surface area contributed by atoms with Crippen LogP contribution in [-0.2, 0) is 4.74 Å². The molecule has 0 saturated heterocycles. The quantitative estimate of drug-likeness (QED) is 0.579. The second-order valence-electron chi connectivity index (χ2n) is 7.42. The molecular formula is C17H36N2O3. The molecule has 0 fully saturated rings. The zero-order chi connectivity index (χ0) is 17.2. The first-order valence-corrected chi connectivity index (χ1v) is 8.49. The van der Waals surface area contributed by atoms with Gasteiger partial charge in [0.25, 0.3) is 0 Å². The number of aliphatic hydroxyl groups excluding tert-OH is 1. The lowest BCUT2D eigenvalue weighted by molar-refractivity contribution is 0.0498. The lowest BCUT2D eigenvalue weighted by atomic mass is 10.0. The number of carbonyl (C=O) groups is 1. The Balaban J connectivity index is 4.31. The van der Waals surface area contributed by atoms with Crippen molar-refractivity contribution in [2.45, 2.75) is 72.4 Å². The van der Waals surface area contributed by atoms with Crippen molar-refractivity contribution in [2.75, 3.05) is 19.7 Å². The maximum atomic E-state index is 11.9. The maximum Gasteiger partial charge on any atom is 0.407 e. The lowest BCUT2D eigenvalue weighted by Crippen LogP contribution is -2.45. The molecule has 0 rings (SSSR count). The van der Waals surface area contributed by atoms with Gasteiger partial charge < -0.3 is 20.5 Å². The van der Waals surface area contributed by atoms with E-state index in [0.717, 1.165) is 32.4 Å². The van der Waals surface area contributed by atoms with Crippen LogP contribution >= 0.6 is 0 Å². The van der Waals surface area contributed by atoms with Gasteiger partial charge in [-0.25, -0.2) is 4.79 Å². The van der Waals surface area contributed by atoms with Gasteiger partial charge in [-0.15, -0.1) is 0 Å². The molecule has 5 heteroatoms. The third-order valence-corrected chi connectivity index (χ3v) is 3.42. The number of hydrogen-bond acceptors (Lipinski definition) is 4. The van der Waals surface area contributed by atoms with Gasteiger partial charge in [-0.05, 0) is 52.0 Å². The Kier molecular flexibility index (Phi) is 10.4. The van der Waals surface area contributed by atoms with Gasteiger partial charge in [0.05, 0.1) is 0 Å². The van der Waals surface area contributed by atoms with Crippen molar-refractivity contribution < 1.29 is 14.6 Å². The fourth-order valence-electron chi connectivity index (χ4n) is 2.33. The summed E-state index contributed by atoms with van der Waals surface area (Å²) in [6.07, 6.45) is 2.41. The summed E-state index contributed by atoms with van der Waals surface area (Å²) in [5.41, 5.74) is -0.478. The molecule has 0 bridgehead atoms. The Morgan fingerprint density at radius 2 is 1.86 bits per heavy atom. The minimum absolute atomic E-state index is 0.0569. The van der Waals surface area contributed by atoms with E-state index in [0.29, 0.717) is 11.8 Å². The third-order valence-electron chi connectivity index (χ3n) is 3.42. The summed E-state index contributed by atoms with van der Waals surface area (Å²) in [5.74, 6) is 0.979. The van der Waals surface area contributed by atoms with Gasteiger partial charge in [0.2, 0.25) is 0 Å². The molecule has 0 saturated carbocycles. The van der Waals surface area contributed by atoms with E-state index in [9.17, 15) is 4.79 Å². The van der Waals surface area contributed by atoms with Gasteiger partial charge in [0.15, 0.2) is 0 Å². The van der Waals surface area contributed by atoms with Crippen LogP contribution in [0.1, 0.15) is 60.8 Å². The van der Waals surface area contributed by atoms with Gasteiger partial charge in [-0.3, -0.25) is 0 Å². The van der Waals surface area contributed by atoms with Crippen LogP contribution in [0.4, 0.5) is 4.79 Å². The number of aliphatic hydroxyl groups is 1. The molecular weight excluding hydrogens is 280 g/mol. The van der Waals surface area contributed by atoms with Gasteiger partial charge in [-0.2, -0.15) is 0 Å². The average Bonchev–Trinajstić information content (AvgIpc) is 2.34. The largest absolute Gasteiger partial charge is 0.444 e. The molecule has 0 aliphatic carbocycles. The number of nitrogens with one attached hydrogen (secondary N) is 2. The molecule has 0 spiro atoms. The van der Waals surface area contributed by atoms with Crippen molar-refractivity contribution in [2.24, 2.45) is 11.8 Å². The average molecular weight is 316 g/mol. The molecule has 132 valence electrons. The number of carbonyl (C=O) groups excluding carboxylic acids is 1. The summed E-state index contributed by atoms with van der Waals surface area (Å²) in [6.45, 7) is 13.8. The highest BCUT2D eigenvalue weighted by Gasteiger charge is 2.20. The number of alkyl carbamates (subject to hydrolysis) is 1. The van der Waals surface area contributed by atoms with Crippen molar-refractivity contribution in [3.63, 3.8) is 0 Å². The molecule has 0 unspecified atom stereocenters. The van der Waals surface area contributed by atoms with E-state index in [1.807, 2.05) is 20.8 Å². The molecule has 22 heavy (non-hydrogen) atoms. The van der Waals surface area contributed by atoms with E-state index in [1.54, 1.807) is 0 Å². The zero-order valence-corrected chi connectivity index (χ0v) is 15.2. The van der Waals surface area contributed by atoms with Gasteiger partial charge in [0, 0.05) is 19.2 Å². The topological polar surface area (TPSA) is 70.6 Å². The van der Waals surface area contributed by atoms with Crippen molar-refractivity contribution in [3.8, 4) is 0 Å². The van der Waals surface area contributed by atoms with E-state index in [-0.39, 0.29) is 18.7 Å². The lowest BCUT2D eigenvalue weighted by Gasteiger charge is -2.25. The summed E-state index contributed by atoms with van der Waals surface area (Å²) in [4.78, 5) is 11.9. The fourth-order valence-corrected chi connectivity index (χ4v) is 2.33. The van der Waals surface area contributed by atoms with Gasteiger partial charge in [0.1, 0.15) is 5.60 Å². The van der Waals surface area contributed by atoms with E-state index in [2.05, 4.69) is 31.4 Å². The zero-order valence-electron chi connectivity index (χ0n) is 15.2. The molecule has 0 aromatic rings. The molecule has 0 aliphatic rings. The van der Waals surface area contributed by atoms with Crippen LogP contribution in [0.15, 0.2) is 0 Å². The SMILES string of the molecule is CC[C@H](CCO)CNC[C@@H](CC(C)C)NC(=O)OC(C)(C)C. The highest BCUT2D eigenvalue weighted by Crippen LogP contribution is 2.10. The molecule has 0 radical (unpaired) electrons. The molecule has 5 nitrogen and oxygen atoms in total. The van der Waals surface area contributed by atoms with Crippen LogP contribution in [0.2, 0.25) is 0 Å². The number of ether oxygens (including phenoxy) is 1. The van der Waals surface area contributed by atoms with Crippen LogP contribution in [0, 0.1) is 11.8 Å². The summed E-state index contributed by atoms with van der Waals surface area (Å²) in [5, 5.41) is 15.4. The first-order valence-electron chi connectivity index (χ1n) is 8.49. The second-order valence-corrected chi connectivity index (χ2v) is 7.42. The summed E-state index contributed by atoms with van der Waals surface area (Å²) in [7, 11) is 0. The normalized spacial score (nSPS) is 14.7. The number of hydrogen-bond donors (Lipinski definition) is 3. The Bertz CT molecular complexity index is 301. The van der Waals surface area contributed by atoms with Crippen LogP contribution in [0.5, 0.6) is 0 Å². The minimum atomic E-state index is -0.478. The van der Waals surface area contributed by atoms with E-state index >= 15 is 0 Å². The summed E-state index contributed by atoms with van der Waals surface area (Å²) in [6, 6.07) is 0.0569. The fraction of sp³-hybridized carbons (Fsp3) is 0.941. The molecule has 0 aromatic carbocycles. The van der Waals surface area contributed by atoms with Crippen molar-refractivity contribution in [1.29, 1.82) is 0 Å². The van der Waals surface area contributed by atoms with Crippen LogP contribution in [0.3, 0.4) is 0 Å². The van der Waals surface area contributed by atoms with Crippen LogP contribution in [-0.4, -0.2) is 42.5 Å². The van der Waals surface area contributed by atoms with Crippen molar-refractivity contribution in [1.82, 2.24) is 10.6 Å². The molecule has 3 N–H and O–H groups in total. The smallest absolute Gasteiger partial charge is 0.407 e. The Morgan fingerprint density at radius 3 is 2.32 bits per heavy atom. The Morgan fingerprint density at radius 1 is 1.23 bits per heavy atom. The van der Waals surface area contributed by atoms with Crippen LogP contribution < -0.4 is 10.6 Å². The Labute approximate surface area is 136 Å². The predicted molar refractivity (Wildman–Crippen MR) is 91.0 cm³/mol. The predicted octanol–water partition coefficient (Wildman–Crippen LogP) is 2.92. The van der Waals surface area contributed by atoms with E-state index in [1.165, 1.54) is 0 Å². The highest BCUT2D eigenvalue weighted by molar-refractivity contribution is 5.68. The van der Waals surface area contributed by atoms with Gasteiger partial charge in [-0.1, -0.05) is 27.2 Å². The third kappa shape index (κ3) is 11.8. The number of rotatable bonds is 10. The first kappa shape index (κ1) is 21.2. The molecule has 0 aromatic heterocycles. The molecule has 0 aliphatic heterocycles. The summed E-state index contributed by atoms with van der Waals surface area (Å²) < 4.78 is 5.33. The van der Waals surface area contributed by atoms with E-state index in [4.69, 9.17) is 9.84 Å². The van der Waals surface area contributed by atoms with Crippen molar-refractivity contribution in [3.05, 3.63) is 0 Å². The minimum Gasteiger partial charge on any atom is -0.444 e. The van der Waals surface area contributed by atoms with Gasteiger partial charge >= 0.3 is 6.09 Å². The first-order chi connectivity index (χ1) is 10.2. The monoisotopic (exact) mass is 316 g/mol. The summed E-state index contributed by atoms with van der Waals surface area (Å²) >= 11 is 0. The number of amides is 1. The highest BCUT2D eigenvalue weighted by atomic mass is 16.6. The van der Waals surface area contributed by atoms with E-state index < -0.39 is 5.60 Å². The molecule has 2 atom stereocenters. The maximum absolute atomic E-state index is 11.9. The Hall–Kier alpha value is -0.810. The molecule has 1 amide bonds. The second kappa shape index (κ2) is 10.8. The van der Waals surface area contributed by atoms with Crippen LogP contribution in [0.25, 0.3) is 0 Å².